The highest BCUT2D eigenvalue weighted by Gasteiger charge is 2.19. The third kappa shape index (κ3) is 5.66. The Balaban J connectivity index is 0.00000115. The first-order valence-corrected chi connectivity index (χ1v) is 6.81. The minimum atomic E-state index is -0.0332. The van der Waals surface area contributed by atoms with Gasteiger partial charge in [0.05, 0.1) is 0 Å². The van der Waals surface area contributed by atoms with Gasteiger partial charge in [-0.25, -0.2) is 0 Å². The molecule has 4 nitrogen and oxygen atoms in total. The molecule has 1 atom stereocenters. The second-order valence-corrected chi connectivity index (χ2v) is 4.38. The largest absolute Gasteiger partial charge is 0.348 e. The van der Waals surface area contributed by atoms with Gasteiger partial charge in [-0.15, -0.1) is 0 Å². The molecule has 19 heavy (non-hydrogen) atoms. The number of aromatic nitrogens is 1. The van der Waals surface area contributed by atoms with Gasteiger partial charge in [-0.05, 0) is 37.7 Å². The molecule has 1 saturated heterocycles. The average Bonchev–Trinajstić information content (AvgIpc) is 2.85. The smallest absolute Gasteiger partial charge is 0.244 e. The van der Waals surface area contributed by atoms with E-state index in [-0.39, 0.29) is 13.4 Å². The Morgan fingerprint density at radius 1 is 1.58 bits per heavy atom. The van der Waals surface area contributed by atoms with E-state index in [4.69, 9.17) is 0 Å². The minimum absolute atomic E-state index is 0. The summed E-state index contributed by atoms with van der Waals surface area (Å²) in [5, 5.41) is 2.99. The number of rotatable bonds is 3. The number of hydrogen-bond donors (Lipinski definition) is 1. The molecule has 0 radical (unpaired) electrons. The number of pyridine rings is 1. The van der Waals surface area contributed by atoms with Crippen LogP contribution in [-0.4, -0.2) is 42.0 Å². The van der Waals surface area contributed by atoms with Crippen LogP contribution in [0.2, 0.25) is 0 Å². The van der Waals surface area contributed by atoms with Gasteiger partial charge in [-0.1, -0.05) is 19.9 Å². The van der Waals surface area contributed by atoms with Gasteiger partial charge in [0.2, 0.25) is 5.91 Å². The number of nitrogens with zero attached hydrogens (tertiary/aromatic N) is 2. The Hall–Kier alpha value is -1.68. The average molecular weight is 263 g/mol. The third-order valence-corrected chi connectivity index (χ3v) is 2.85. The van der Waals surface area contributed by atoms with Crippen molar-refractivity contribution in [3.05, 3.63) is 36.2 Å². The molecule has 2 heterocycles. The van der Waals surface area contributed by atoms with E-state index in [1.165, 1.54) is 0 Å². The van der Waals surface area contributed by atoms with Crippen LogP contribution >= 0.6 is 0 Å². The van der Waals surface area contributed by atoms with E-state index in [0.29, 0.717) is 0 Å². The first-order chi connectivity index (χ1) is 9.24. The molecule has 1 N–H and O–H groups in total. The molecule has 4 heteroatoms. The lowest BCUT2D eigenvalue weighted by atomic mass is 10.2. The standard InChI is InChI=1S/C13H17N3O.C2H6.H2/c1-16-8-6-12(10-16)15-13(17)5-4-11-3-2-7-14-9-11;1-2;/h2-5,7,9,12H,6,8,10H2,1H3,(H,15,17);1-2H3;1H/b5-4+;;/t12-;;/m1../s1. The Labute approximate surface area is 117 Å². The van der Waals surface area contributed by atoms with Crippen molar-refractivity contribution in [3.8, 4) is 0 Å². The highest BCUT2D eigenvalue weighted by molar-refractivity contribution is 5.91. The SMILES string of the molecule is CC.CN1CC[C@@H](NC(=O)/C=C/c2cccnc2)C1.[HH]. The van der Waals surface area contributed by atoms with Crippen molar-refractivity contribution < 1.29 is 6.22 Å². The fourth-order valence-electron chi connectivity index (χ4n) is 1.95. The first-order valence-electron chi connectivity index (χ1n) is 6.81. The molecule has 2 rings (SSSR count). The van der Waals surface area contributed by atoms with Crippen LogP contribution in [0.25, 0.3) is 6.08 Å². The van der Waals surface area contributed by atoms with Crippen molar-refractivity contribution in [2.24, 2.45) is 0 Å². The zero-order chi connectivity index (χ0) is 14.1. The highest BCUT2D eigenvalue weighted by Crippen LogP contribution is 2.06. The molecule has 0 saturated carbocycles. The Morgan fingerprint density at radius 3 is 2.95 bits per heavy atom. The van der Waals surface area contributed by atoms with Gasteiger partial charge in [-0.2, -0.15) is 0 Å². The minimum Gasteiger partial charge on any atom is -0.348 e. The molecular formula is C15H25N3O. The normalized spacial score (nSPS) is 19.0. The van der Waals surface area contributed by atoms with Crippen LogP contribution in [0.1, 0.15) is 27.3 Å². The van der Waals surface area contributed by atoms with E-state index in [1.54, 1.807) is 24.5 Å². The van der Waals surface area contributed by atoms with E-state index in [9.17, 15) is 4.79 Å². The second-order valence-electron chi connectivity index (χ2n) is 4.38. The van der Waals surface area contributed by atoms with Crippen molar-refractivity contribution in [3.63, 3.8) is 0 Å². The summed E-state index contributed by atoms with van der Waals surface area (Å²) in [7, 11) is 2.07. The zero-order valence-electron chi connectivity index (χ0n) is 12.0. The van der Waals surface area contributed by atoms with Crippen LogP contribution in [0.15, 0.2) is 30.6 Å². The van der Waals surface area contributed by atoms with Crippen molar-refractivity contribution in [1.29, 1.82) is 0 Å². The van der Waals surface area contributed by atoms with Crippen molar-refractivity contribution >= 4 is 12.0 Å². The topological polar surface area (TPSA) is 45.2 Å². The number of nitrogens with one attached hydrogen (secondary N) is 1. The number of hydrogen-bond acceptors (Lipinski definition) is 3. The maximum Gasteiger partial charge on any atom is 0.244 e. The summed E-state index contributed by atoms with van der Waals surface area (Å²) in [6.07, 6.45) is 7.82. The van der Waals surface area contributed by atoms with Crippen LogP contribution < -0.4 is 5.32 Å². The molecule has 0 aliphatic carbocycles. The maximum absolute atomic E-state index is 11.6. The fraction of sp³-hybridized carbons (Fsp3) is 0.467. The Kier molecular flexibility index (Phi) is 6.82. The monoisotopic (exact) mass is 263 g/mol. The zero-order valence-corrected chi connectivity index (χ0v) is 12.0. The third-order valence-electron chi connectivity index (χ3n) is 2.85. The maximum atomic E-state index is 11.6. The van der Waals surface area contributed by atoms with Gasteiger partial charge in [-0.3, -0.25) is 9.78 Å². The predicted molar refractivity (Wildman–Crippen MR) is 80.8 cm³/mol. The Bertz CT molecular complexity index is 409. The molecule has 0 spiro atoms. The van der Waals surface area contributed by atoms with Gasteiger partial charge in [0.15, 0.2) is 0 Å². The summed E-state index contributed by atoms with van der Waals surface area (Å²) in [5.74, 6) is -0.0332. The van der Waals surface area contributed by atoms with Gasteiger partial charge < -0.3 is 10.2 Å². The Morgan fingerprint density at radius 2 is 2.37 bits per heavy atom. The highest BCUT2D eigenvalue weighted by atomic mass is 16.1. The van der Waals surface area contributed by atoms with E-state index in [0.717, 1.165) is 25.1 Å². The first kappa shape index (κ1) is 15.4. The summed E-state index contributed by atoms with van der Waals surface area (Å²) < 4.78 is 0. The van der Waals surface area contributed by atoms with Crippen LogP contribution in [0.4, 0.5) is 0 Å². The summed E-state index contributed by atoms with van der Waals surface area (Å²) in [4.78, 5) is 17.8. The second kappa shape index (κ2) is 8.43. The number of likely N-dealkylation sites (N-methyl/N-ethyl adjacent to an activating group) is 1. The summed E-state index contributed by atoms with van der Waals surface area (Å²) in [6, 6.07) is 4.05. The number of carbonyl (C=O) groups is 1. The summed E-state index contributed by atoms with van der Waals surface area (Å²) >= 11 is 0. The van der Waals surface area contributed by atoms with Crippen LogP contribution in [-0.2, 0) is 4.79 Å². The van der Waals surface area contributed by atoms with Gasteiger partial charge in [0.1, 0.15) is 0 Å². The molecule has 1 aromatic rings. The van der Waals surface area contributed by atoms with Crippen LogP contribution in [0, 0.1) is 0 Å². The van der Waals surface area contributed by atoms with Gasteiger partial charge in [0, 0.05) is 32.5 Å². The van der Waals surface area contributed by atoms with Crippen LogP contribution in [0.3, 0.4) is 0 Å². The quantitative estimate of drug-likeness (QED) is 0.850. The fourth-order valence-corrected chi connectivity index (χ4v) is 1.95. The van der Waals surface area contributed by atoms with Crippen molar-refractivity contribution in [2.75, 3.05) is 20.1 Å². The molecule has 1 aromatic heterocycles. The lowest BCUT2D eigenvalue weighted by Crippen LogP contribution is -2.35. The number of likely N-dealkylation sites (tertiary alicyclic amines) is 1. The summed E-state index contributed by atoms with van der Waals surface area (Å²) in [5.41, 5.74) is 0.936. The summed E-state index contributed by atoms with van der Waals surface area (Å²) in [6.45, 7) is 5.99. The lowest BCUT2D eigenvalue weighted by Gasteiger charge is -2.10. The van der Waals surface area contributed by atoms with Gasteiger partial charge in [0.25, 0.3) is 0 Å². The van der Waals surface area contributed by atoms with E-state index in [2.05, 4.69) is 22.2 Å². The molecule has 106 valence electrons. The molecule has 0 aromatic carbocycles. The molecule has 1 aliphatic heterocycles. The van der Waals surface area contributed by atoms with Crippen molar-refractivity contribution in [1.82, 2.24) is 15.2 Å². The number of carbonyl (C=O) groups excluding carboxylic acids is 1. The van der Waals surface area contributed by atoms with Gasteiger partial charge >= 0.3 is 0 Å². The molecule has 0 unspecified atom stereocenters. The lowest BCUT2D eigenvalue weighted by molar-refractivity contribution is -0.117. The van der Waals surface area contributed by atoms with E-state index in [1.807, 2.05) is 26.0 Å². The molecule has 1 fully saturated rings. The van der Waals surface area contributed by atoms with Crippen LogP contribution in [0.5, 0.6) is 0 Å². The molecule has 1 amide bonds. The molecular weight excluding hydrogens is 238 g/mol. The molecule has 1 aliphatic rings. The predicted octanol–water partition coefficient (Wildman–Crippen LogP) is 2.19. The van der Waals surface area contributed by atoms with Crippen molar-refractivity contribution in [2.45, 2.75) is 26.3 Å². The van der Waals surface area contributed by atoms with E-state index < -0.39 is 0 Å². The molecule has 0 bridgehead atoms. The number of amides is 1. The van der Waals surface area contributed by atoms with E-state index >= 15 is 0 Å².